The van der Waals surface area contributed by atoms with E-state index in [1.54, 1.807) is 4.68 Å². The first kappa shape index (κ1) is 32.2. The van der Waals surface area contributed by atoms with E-state index < -0.39 is 54.6 Å². The Hall–Kier alpha value is -4.71. The van der Waals surface area contributed by atoms with Crippen molar-refractivity contribution in [1.82, 2.24) is 9.78 Å². The van der Waals surface area contributed by atoms with Crippen LogP contribution >= 0.6 is 0 Å². The Bertz CT molecular complexity index is 1480. The van der Waals surface area contributed by atoms with E-state index in [9.17, 15) is 19.2 Å². The van der Waals surface area contributed by atoms with E-state index in [0.717, 1.165) is 41.9 Å². The smallest absolute Gasteiger partial charge is 0.303 e. The summed E-state index contributed by atoms with van der Waals surface area (Å²) in [4.78, 5) is 48.2. The van der Waals surface area contributed by atoms with Crippen LogP contribution in [0.5, 0.6) is 5.88 Å². The third-order valence-electron chi connectivity index (χ3n) is 6.88. The zero-order valence-electron chi connectivity index (χ0n) is 25.5. The molecule has 1 aliphatic heterocycles. The topological polar surface area (TPSA) is 141 Å². The number of benzene rings is 2. The van der Waals surface area contributed by atoms with Gasteiger partial charge in [-0.25, -0.2) is 4.68 Å². The second-order valence-corrected chi connectivity index (χ2v) is 10.5. The lowest BCUT2D eigenvalue weighted by Crippen LogP contribution is -2.63. The predicted molar refractivity (Wildman–Crippen MR) is 155 cm³/mol. The van der Waals surface area contributed by atoms with Crippen LogP contribution in [0.4, 0.5) is 0 Å². The van der Waals surface area contributed by atoms with Crippen LogP contribution in [-0.4, -0.2) is 71.0 Å². The number of aryl methyl sites for hydroxylation is 1. The van der Waals surface area contributed by atoms with Crippen molar-refractivity contribution in [3.8, 4) is 11.6 Å². The fourth-order valence-electron chi connectivity index (χ4n) is 4.93. The second kappa shape index (κ2) is 14.2. The van der Waals surface area contributed by atoms with Crippen molar-refractivity contribution >= 4 is 23.9 Å². The van der Waals surface area contributed by atoms with Gasteiger partial charge in [0.05, 0.1) is 5.69 Å². The SMILES string of the molecule is CC(=O)OC[C@H]1O[C@@H](Oc2nn(-c3ccccc3)c(C)c2Cc2ccc(C)cc2)[C@H](OC(C)=O)[C@@H](OC(C)=O)[C@@H]1OC(C)=O. The van der Waals surface area contributed by atoms with Gasteiger partial charge in [0.15, 0.2) is 12.2 Å². The summed E-state index contributed by atoms with van der Waals surface area (Å²) >= 11 is 0. The van der Waals surface area contributed by atoms with Crippen LogP contribution < -0.4 is 4.74 Å². The highest BCUT2D eigenvalue weighted by Gasteiger charge is 2.53. The third kappa shape index (κ3) is 8.01. The van der Waals surface area contributed by atoms with Crippen molar-refractivity contribution < 1.29 is 47.6 Å². The summed E-state index contributed by atoms with van der Waals surface area (Å²) in [6.07, 6.45) is -6.16. The predicted octanol–water partition coefficient (Wildman–Crippen LogP) is 3.54. The summed E-state index contributed by atoms with van der Waals surface area (Å²) in [5, 5.41) is 4.75. The van der Waals surface area contributed by atoms with Gasteiger partial charge in [-0.05, 0) is 31.5 Å². The Balaban J connectivity index is 1.80. The lowest BCUT2D eigenvalue weighted by atomic mass is 9.98. The van der Waals surface area contributed by atoms with Crippen molar-refractivity contribution in [3.05, 3.63) is 77.0 Å². The van der Waals surface area contributed by atoms with Gasteiger partial charge in [-0.15, -0.1) is 5.10 Å². The molecule has 0 N–H and O–H groups in total. The molecule has 0 radical (unpaired) electrons. The van der Waals surface area contributed by atoms with Crippen molar-refractivity contribution in [1.29, 1.82) is 0 Å². The van der Waals surface area contributed by atoms with Gasteiger partial charge in [0.1, 0.15) is 12.7 Å². The molecule has 1 aliphatic rings. The van der Waals surface area contributed by atoms with Crippen LogP contribution in [0, 0.1) is 13.8 Å². The molecule has 2 aromatic carbocycles. The molecule has 4 rings (SSSR count). The molecule has 1 fully saturated rings. The first-order valence-corrected chi connectivity index (χ1v) is 14.1. The van der Waals surface area contributed by atoms with Crippen LogP contribution in [0.2, 0.25) is 0 Å². The Morgan fingerprint density at radius 3 is 1.95 bits per heavy atom. The molecular weight excluding hydrogens is 572 g/mol. The molecule has 0 spiro atoms. The Labute approximate surface area is 255 Å². The zero-order valence-corrected chi connectivity index (χ0v) is 25.5. The molecule has 234 valence electrons. The molecule has 1 saturated heterocycles. The maximum absolute atomic E-state index is 12.3. The number of ether oxygens (including phenoxy) is 6. The molecule has 44 heavy (non-hydrogen) atoms. The van der Waals surface area contributed by atoms with Crippen molar-refractivity contribution in [2.45, 2.75) is 78.7 Å². The minimum Gasteiger partial charge on any atom is -0.463 e. The molecule has 2 heterocycles. The summed E-state index contributed by atoms with van der Waals surface area (Å²) in [7, 11) is 0. The number of carbonyl (C=O) groups excluding carboxylic acids is 4. The van der Waals surface area contributed by atoms with Gasteiger partial charge in [0.2, 0.25) is 18.3 Å². The Morgan fingerprint density at radius 2 is 1.36 bits per heavy atom. The number of aromatic nitrogens is 2. The summed E-state index contributed by atoms with van der Waals surface area (Å²) in [6.45, 7) is 8.24. The van der Waals surface area contributed by atoms with Crippen LogP contribution in [0.25, 0.3) is 5.69 Å². The summed E-state index contributed by atoms with van der Waals surface area (Å²) in [6, 6.07) is 17.5. The Kier molecular flexibility index (Phi) is 10.4. The van der Waals surface area contributed by atoms with Crippen LogP contribution in [0.3, 0.4) is 0 Å². The van der Waals surface area contributed by atoms with Crippen molar-refractivity contribution in [2.24, 2.45) is 0 Å². The number of para-hydroxylation sites is 1. The highest BCUT2D eigenvalue weighted by Crippen LogP contribution is 2.34. The fourth-order valence-corrected chi connectivity index (χ4v) is 4.93. The van der Waals surface area contributed by atoms with E-state index in [1.807, 2.05) is 68.4 Å². The maximum atomic E-state index is 12.3. The molecule has 0 bridgehead atoms. The largest absolute Gasteiger partial charge is 0.463 e. The standard InChI is InChI=1S/C32H36N2O10/c1-18-12-14-24(15-13-18)16-26-19(2)34(25-10-8-7-9-11-25)33-31(26)44-32-30(42-23(6)38)29(41-22(5)37)28(40-21(4)36)27(43-32)17-39-20(3)35/h7-15,27-30,32H,16-17H2,1-6H3/t27-,28-,29+,30-,32+/m1/s1. The van der Waals surface area contributed by atoms with Crippen molar-refractivity contribution in [2.75, 3.05) is 6.61 Å². The quantitative estimate of drug-likeness (QED) is 0.246. The lowest BCUT2D eigenvalue weighted by Gasteiger charge is -2.43. The molecule has 3 aromatic rings. The van der Waals surface area contributed by atoms with Gasteiger partial charge in [0, 0.05) is 45.4 Å². The van der Waals surface area contributed by atoms with Crippen LogP contribution in [0.15, 0.2) is 54.6 Å². The summed E-state index contributed by atoms with van der Waals surface area (Å²) in [5.74, 6) is -2.62. The molecule has 0 unspecified atom stereocenters. The summed E-state index contributed by atoms with van der Waals surface area (Å²) in [5.41, 5.74) is 4.41. The van der Waals surface area contributed by atoms with Crippen LogP contribution in [-0.2, 0) is 49.3 Å². The van der Waals surface area contributed by atoms with E-state index in [0.29, 0.717) is 6.42 Å². The average molecular weight is 609 g/mol. The van der Waals surface area contributed by atoms with E-state index in [1.165, 1.54) is 13.8 Å². The minimum atomic E-state index is -1.41. The van der Waals surface area contributed by atoms with Crippen LogP contribution in [0.1, 0.15) is 50.1 Å². The third-order valence-corrected chi connectivity index (χ3v) is 6.88. The number of esters is 4. The first-order chi connectivity index (χ1) is 20.9. The van der Waals surface area contributed by atoms with E-state index >= 15 is 0 Å². The Morgan fingerprint density at radius 1 is 0.773 bits per heavy atom. The molecule has 12 nitrogen and oxygen atoms in total. The van der Waals surface area contributed by atoms with E-state index in [-0.39, 0.29) is 12.5 Å². The molecule has 0 aliphatic carbocycles. The molecule has 0 saturated carbocycles. The van der Waals surface area contributed by atoms with Crippen molar-refractivity contribution in [3.63, 3.8) is 0 Å². The highest BCUT2D eigenvalue weighted by molar-refractivity contribution is 5.68. The second-order valence-electron chi connectivity index (χ2n) is 10.5. The highest BCUT2D eigenvalue weighted by atomic mass is 16.7. The zero-order chi connectivity index (χ0) is 32.0. The minimum absolute atomic E-state index is 0.174. The summed E-state index contributed by atoms with van der Waals surface area (Å²) < 4.78 is 36.0. The molecule has 0 amide bonds. The van der Waals surface area contributed by atoms with Gasteiger partial charge in [-0.1, -0.05) is 48.0 Å². The maximum Gasteiger partial charge on any atom is 0.303 e. The van der Waals surface area contributed by atoms with Gasteiger partial charge in [-0.2, -0.15) is 0 Å². The fraction of sp³-hybridized carbons (Fsp3) is 0.406. The number of carbonyl (C=O) groups is 4. The lowest BCUT2D eigenvalue weighted by molar-refractivity contribution is -0.289. The number of rotatable bonds is 10. The average Bonchev–Trinajstić information content (AvgIpc) is 3.26. The van der Waals surface area contributed by atoms with E-state index in [2.05, 4.69) is 0 Å². The number of hydrogen-bond acceptors (Lipinski definition) is 11. The molecule has 12 heteroatoms. The van der Waals surface area contributed by atoms with Gasteiger partial charge in [0.25, 0.3) is 0 Å². The normalized spacial score (nSPS) is 21.2. The van der Waals surface area contributed by atoms with Gasteiger partial charge >= 0.3 is 23.9 Å². The molecular formula is C32H36N2O10. The van der Waals surface area contributed by atoms with Gasteiger partial charge < -0.3 is 28.4 Å². The number of hydrogen-bond donors (Lipinski definition) is 0. The van der Waals surface area contributed by atoms with Gasteiger partial charge in [-0.3, -0.25) is 19.2 Å². The first-order valence-electron chi connectivity index (χ1n) is 14.1. The molecule has 5 atom stereocenters. The monoisotopic (exact) mass is 608 g/mol. The van der Waals surface area contributed by atoms with E-state index in [4.69, 9.17) is 33.5 Å². The number of nitrogens with zero attached hydrogens (tertiary/aromatic N) is 2. The molecule has 1 aromatic heterocycles.